The highest BCUT2D eigenvalue weighted by Crippen LogP contribution is 2.14. The minimum absolute atomic E-state index is 0. The van der Waals surface area contributed by atoms with E-state index >= 15 is 0 Å². The van der Waals surface area contributed by atoms with E-state index in [1.54, 1.807) is 23.5 Å². The van der Waals surface area contributed by atoms with Crippen LogP contribution in [0, 0.1) is 5.92 Å². The number of nitrogens with two attached hydrogens (primary N) is 1. The van der Waals surface area contributed by atoms with E-state index in [0.29, 0.717) is 12.5 Å². The van der Waals surface area contributed by atoms with Gasteiger partial charge >= 0.3 is 0 Å². The van der Waals surface area contributed by atoms with Gasteiger partial charge in [0.15, 0.2) is 5.96 Å². The third-order valence-corrected chi connectivity index (χ3v) is 5.59. The number of benzene rings is 1. The lowest BCUT2D eigenvalue weighted by atomic mass is 10.1. The van der Waals surface area contributed by atoms with Gasteiger partial charge < -0.3 is 10.6 Å². The van der Waals surface area contributed by atoms with E-state index in [2.05, 4.69) is 40.1 Å². The van der Waals surface area contributed by atoms with Gasteiger partial charge in [-0.15, -0.1) is 35.3 Å². The molecule has 27 heavy (non-hydrogen) atoms. The number of primary sulfonamides is 1. The summed E-state index contributed by atoms with van der Waals surface area (Å²) in [5.41, 5.74) is 0.918. The molecular formula is C18H27IN4O2S2. The average Bonchev–Trinajstić information content (AvgIpc) is 3.10. The summed E-state index contributed by atoms with van der Waals surface area (Å²) in [7, 11) is -3.66. The van der Waals surface area contributed by atoms with Gasteiger partial charge in [-0.3, -0.25) is 0 Å². The fraction of sp³-hybridized carbons (Fsp3) is 0.389. The van der Waals surface area contributed by atoms with Crippen molar-refractivity contribution in [3.63, 3.8) is 0 Å². The first kappa shape index (κ1) is 23.9. The van der Waals surface area contributed by atoms with Crippen LogP contribution in [0.3, 0.4) is 0 Å². The Morgan fingerprint density at radius 3 is 2.48 bits per heavy atom. The van der Waals surface area contributed by atoms with Crippen LogP contribution in [0.25, 0.3) is 0 Å². The molecule has 1 unspecified atom stereocenters. The zero-order valence-corrected chi connectivity index (χ0v) is 19.5. The van der Waals surface area contributed by atoms with Crippen LogP contribution in [0.15, 0.2) is 51.7 Å². The normalized spacial score (nSPS) is 12.9. The molecule has 0 spiro atoms. The summed E-state index contributed by atoms with van der Waals surface area (Å²) in [4.78, 5) is 6.06. The number of nitrogens with zero attached hydrogens (tertiary/aromatic N) is 1. The molecule has 150 valence electrons. The number of sulfonamides is 1. The minimum Gasteiger partial charge on any atom is -0.357 e. The van der Waals surface area contributed by atoms with Gasteiger partial charge in [-0.05, 0) is 48.4 Å². The van der Waals surface area contributed by atoms with Crippen molar-refractivity contribution < 1.29 is 8.42 Å². The number of rotatable bonds is 8. The predicted octanol–water partition coefficient (Wildman–Crippen LogP) is 2.95. The van der Waals surface area contributed by atoms with Crippen LogP contribution in [-0.4, -0.2) is 27.5 Å². The van der Waals surface area contributed by atoms with Crippen LogP contribution in [0.4, 0.5) is 0 Å². The number of thiophene rings is 1. The van der Waals surface area contributed by atoms with E-state index in [9.17, 15) is 8.42 Å². The highest BCUT2D eigenvalue weighted by atomic mass is 127. The van der Waals surface area contributed by atoms with E-state index < -0.39 is 10.0 Å². The van der Waals surface area contributed by atoms with E-state index in [0.717, 1.165) is 31.0 Å². The highest BCUT2D eigenvalue weighted by molar-refractivity contribution is 14.0. The Kier molecular flexibility index (Phi) is 10.3. The van der Waals surface area contributed by atoms with Crippen molar-refractivity contribution in [1.82, 2.24) is 10.6 Å². The molecule has 0 bridgehead atoms. The Bertz CT molecular complexity index is 806. The molecule has 2 rings (SSSR count). The lowest BCUT2D eigenvalue weighted by Gasteiger charge is -2.15. The SMILES string of the molecule is CCNC(=NCc1ccc(S(N)(=O)=O)cc1)NCC(C)Cc1cccs1.I. The second-order valence-electron chi connectivity index (χ2n) is 6.15. The predicted molar refractivity (Wildman–Crippen MR) is 123 cm³/mol. The third-order valence-electron chi connectivity index (χ3n) is 3.76. The largest absolute Gasteiger partial charge is 0.357 e. The maximum Gasteiger partial charge on any atom is 0.238 e. The van der Waals surface area contributed by atoms with Crippen LogP contribution < -0.4 is 15.8 Å². The smallest absolute Gasteiger partial charge is 0.238 e. The van der Waals surface area contributed by atoms with Crippen LogP contribution in [0.1, 0.15) is 24.3 Å². The lowest BCUT2D eigenvalue weighted by molar-refractivity contribution is 0.562. The Morgan fingerprint density at radius 1 is 1.22 bits per heavy atom. The fourth-order valence-electron chi connectivity index (χ4n) is 2.41. The summed E-state index contributed by atoms with van der Waals surface area (Å²) in [5, 5.41) is 13.8. The number of hydrogen-bond acceptors (Lipinski definition) is 4. The molecule has 6 nitrogen and oxygen atoms in total. The molecule has 0 saturated carbocycles. The first-order valence-corrected chi connectivity index (χ1v) is 11.0. The Hall–Kier alpha value is -1.17. The number of nitrogens with one attached hydrogen (secondary N) is 2. The van der Waals surface area contributed by atoms with Crippen molar-refractivity contribution in [2.24, 2.45) is 16.0 Å². The van der Waals surface area contributed by atoms with Crippen molar-refractivity contribution in [1.29, 1.82) is 0 Å². The highest BCUT2D eigenvalue weighted by Gasteiger charge is 2.08. The molecule has 0 amide bonds. The Balaban J connectivity index is 0.00000364. The van der Waals surface area contributed by atoms with E-state index in [1.807, 2.05) is 6.92 Å². The van der Waals surface area contributed by atoms with E-state index in [1.165, 1.54) is 17.0 Å². The molecule has 0 saturated heterocycles. The summed E-state index contributed by atoms with van der Waals surface area (Å²) < 4.78 is 22.6. The van der Waals surface area contributed by atoms with Gasteiger partial charge in [-0.1, -0.05) is 25.1 Å². The molecule has 1 aromatic heterocycles. The number of hydrogen-bond donors (Lipinski definition) is 3. The van der Waals surface area contributed by atoms with Gasteiger partial charge in [0, 0.05) is 18.0 Å². The topological polar surface area (TPSA) is 96.6 Å². The van der Waals surface area contributed by atoms with Crippen molar-refractivity contribution >= 4 is 51.3 Å². The standard InChI is InChI=1S/C18H26N4O2S2.HI/c1-3-20-18(21-12-14(2)11-16-5-4-10-25-16)22-13-15-6-8-17(9-7-15)26(19,23)24;/h4-10,14H,3,11-13H2,1-2H3,(H2,19,23,24)(H2,20,21,22);1H. The van der Waals surface area contributed by atoms with Crippen molar-refractivity contribution in [3.05, 3.63) is 52.2 Å². The number of halogens is 1. The van der Waals surface area contributed by atoms with Gasteiger partial charge in [0.2, 0.25) is 10.0 Å². The van der Waals surface area contributed by atoms with Gasteiger partial charge in [0.25, 0.3) is 0 Å². The Morgan fingerprint density at radius 2 is 1.93 bits per heavy atom. The van der Waals surface area contributed by atoms with E-state index in [4.69, 9.17) is 5.14 Å². The first-order chi connectivity index (χ1) is 12.4. The zero-order chi connectivity index (χ0) is 19.0. The average molecular weight is 522 g/mol. The van der Waals surface area contributed by atoms with Gasteiger partial charge in [-0.2, -0.15) is 0 Å². The maximum atomic E-state index is 11.3. The molecule has 0 fully saturated rings. The van der Waals surface area contributed by atoms with Crippen molar-refractivity contribution in [2.75, 3.05) is 13.1 Å². The van der Waals surface area contributed by atoms with Crippen molar-refractivity contribution in [2.45, 2.75) is 31.7 Å². The molecule has 0 aliphatic rings. The quantitative estimate of drug-likeness (QED) is 0.282. The molecule has 1 heterocycles. The molecule has 4 N–H and O–H groups in total. The summed E-state index contributed by atoms with van der Waals surface area (Å²) in [5.74, 6) is 1.24. The number of aliphatic imine (C=N–C) groups is 1. The van der Waals surface area contributed by atoms with Gasteiger partial charge in [0.05, 0.1) is 11.4 Å². The first-order valence-electron chi connectivity index (χ1n) is 8.54. The molecular weight excluding hydrogens is 495 g/mol. The molecule has 9 heteroatoms. The second-order valence-corrected chi connectivity index (χ2v) is 8.75. The van der Waals surface area contributed by atoms with E-state index in [-0.39, 0.29) is 28.9 Å². The summed E-state index contributed by atoms with van der Waals surface area (Å²) in [6.45, 7) is 6.29. The lowest BCUT2D eigenvalue weighted by Crippen LogP contribution is -2.39. The molecule has 0 radical (unpaired) electrons. The fourth-order valence-corrected chi connectivity index (χ4v) is 3.80. The third kappa shape index (κ3) is 8.58. The molecule has 1 aromatic carbocycles. The zero-order valence-electron chi connectivity index (χ0n) is 15.5. The van der Waals surface area contributed by atoms with Crippen LogP contribution >= 0.6 is 35.3 Å². The number of guanidine groups is 1. The molecule has 0 aliphatic heterocycles. The minimum atomic E-state index is -3.66. The summed E-state index contributed by atoms with van der Waals surface area (Å²) in [6, 6.07) is 10.7. The summed E-state index contributed by atoms with van der Waals surface area (Å²) >= 11 is 1.78. The van der Waals surface area contributed by atoms with Gasteiger partial charge in [0.1, 0.15) is 0 Å². The monoisotopic (exact) mass is 522 g/mol. The second kappa shape index (κ2) is 11.6. The molecule has 0 aliphatic carbocycles. The van der Waals surface area contributed by atoms with Gasteiger partial charge in [-0.25, -0.2) is 18.5 Å². The van der Waals surface area contributed by atoms with Crippen LogP contribution in [0.5, 0.6) is 0 Å². The van der Waals surface area contributed by atoms with Crippen molar-refractivity contribution in [3.8, 4) is 0 Å². The van der Waals surface area contributed by atoms with Crippen LogP contribution in [-0.2, 0) is 23.0 Å². The molecule has 1 atom stereocenters. The van der Waals surface area contributed by atoms with Crippen LogP contribution in [0.2, 0.25) is 0 Å². The molecule has 2 aromatic rings. The Labute approximate surface area is 182 Å². The summed E-state index contributed by atoms with van der Waals surface area (Å²) in [6.07, 6.45) is 1.04. The maximum absolute atomic E-state index is 11.3.